The summed E-state index contributed by atoms with van der Waals surface area (Å²) in [4.78, 5) is 10.6. The number of rotatable bonds is 8. The monoisotopic (exact) mass is 453 g/mol. The van der Waals surface area contributed by atoms with E-state index >= 15 is 0 Å². The normalized spacial score (nSPS) is 17.4. The van der Waals surface area contributed by atoms with Crippen molar-refractivity contribution in [1.29, 1.82) is 0 Å². The summed E-state index contributed by atoms with van der Waals surface area (Å²) >= 11 is 0. The number of phenols is 1. The number of carboxylic acid groups (broad SMARTS) is 1. The molecule has 2 aromatic carbocycles. The zero-order chi connectivity index (χ0) is 24.2. The van der Waals surface area contributed by atoms with Crippen molar-refractivity contribution in [2.45, 2.75) is 52.2 Å². The van der Waals surface area contributed by atoms with Gasteiger partial charge in [-0.05, 0) is 80.6 Å². The van der Waals surface area contributed by atoms with Gasteiger partial charge in [0.15, 0.2) is 0 Å². The Bertz CT molecular complexity index is 983. The molecule has 0 spiro atoms. The van der Waals surface area contributed by atoms with Crippen LogP contribution in [0.4, 0.5) is 4.79 Å². The van der Waals surface area contributed by atoms with Gasteiger partial charge in [-0.3, -0.25) is 0 Å². The van der Waals surface area contributed by atoms with Crippen molar-refractivity contribution < 1.29 is 29.1 Å². The summed E-state index contributed by atoms with van der Waals surface area (Å²) in [6.45, 7) is 10.7. The van der Waals surface area contributed by atoms with E-state index < -0.39 is 24.4 Å². The molecule has 0 radical (unpaired) electrons. The van der Waals surface area contributed by atoms with Gasteiger partial charge in [0.2, 0.25) is 0 Å². The Balaban J connectivity index is 1.97. The highest BCUT2D eigenvalue weighted by Crippen LogP contribution is 2.42. The van der Waals surface area contributed by atoms with Crippen molar-refractivity contribution >= 4 is 18.8 Å². The van der Waals surface area contributed by atoms with Crippen molar-refractivity contribution in [1.82, 2.24) is 5.32 Å². The van der Waals surface area contributed by atoms with Crippen LogP contribution in [0.25, 0.3) is 5.57 Å². The third-order valence-corrected chi connectivity index (χ3v) is 6.19. The number of nitrogens with one attached hydrogen (secondary N) is 1. The van der Waals surface area contributed by atoms with E-state index in [0.717, 1.165) is 22.2 Å². The van der Waals surface area contributed by atoms with E-state index in [2.05, 4.69) is 12.2 Å². The number of phenolic OH excluding ortho intramolecular Hbond substituents is 1. The van der Waals surface area contributed by atoms with Crippen LogP contribution in [0.1, 0.15) is 52.2 Å². The SMILES string of the molecule is CCC(B1OC(C)(C)C(C)(C)O1)=C(c1ccc(O)cc1)c1ccc(OCCNC(=O)O)cc1. The third-order valence-electron chi connectivity index (χ3n) is 6.19. The molecular weight excluding hydrogens is 421 g/mol. The minimum Gasteiger partial charge on any atom is -0.508 e. The first-order chi connectivity index (χ1) is 15.5. The Morgan fingerprint density at radius 3 is 1.97 bits per heavy atom. The van der Waals surface area contributed by atoms with Crippen molar-refractivity contribution in [3.63, 3.8) is 0 Å². The predicted octanol–water partition coefficient (Wildman–Crippen LogP) is 4.88. The van der Waals surface area contributed by atoms with Crippen LogP contribution in [0.5, 0.6) is 11.5 Å². The average Bonchev–Trinajstić information content (AvgIpc) is 2.97. The van der Waals surface area contributed by atoms with Crippen LogP contribution in [0.3, 0.4) is 0 Å². The molecule has 1 amide bonds. The topological polar surface area (TPSA) is 97.3 Å². The zero-order valence-corrected chi connectivity index (χ0v) is 19.8. The fourth-order valence-corrected chi connectivity index (χ4v) is 3.66. The second kappa shape index (κ2) is 9.89. The molecule has 3 rings (SSSR count). The van der Waals surface area contributed by atoms with E-state index in [-0.39, 0.29) is 18.9 Å². The first kappa shape index (κ1) is 24.7. The van der Waals surface area contributed by atoms with E-state index in [0.29, 0.717) is 12.2 Å². The molecule has 2 aromatic rings. The smallest absolute Gasteiger partial charge is 0.491 e. The summed E-state index contributed by atoms with van der Waals surface area (Å²) in [7, 11) is -0.498. The summed E-state index contributed by atoms with van der Waals surface area (Å²) < 4.78 is 18.4. The van der Waals surface area contributed by atoms with Gasteiger partial charge >= 0.3 is 13.2 Å². The summed E-state index contributed by atoms with van der Waals surface area (Å²) in [5, 5.41) is 20.7. The van der Waals surface area contributed by atoms with Gasteiger partial charge in [0.25, 0.3) is 0 Å². The molecule has 1 saturated heterocycles. The van der Waals surface area contributed by atoms with Crippen molar-refractivity contribution in [3.8, 4) is 11.5 Å². The largest absolute Gasteiger partial charge is 0.508 e. The summed E-state index contributed by atoms with van der Waals surface area (Å²) in [6.07, 6.45) is -0.362. The Morgan fingerprint density at radius 1 is 0.970 bits per heavy atom. The molecule has 1 aliphatic heterocycles. The van der Waals surface area contributed by atoms with Gasteiger partial charge in [0.1, 0.15) is 18.1 Å². The van der Waals surface area contributed by atoms with Crippen LogP contribution >= 0.6 is 0 Å². The third kappa shape index (κ3) is 5.70. The number of ether oxygens (including phenoxy) is 1. The van der Waals surface area contributed by atoms with Crippen molar-refractivity contribution in [2.75, 3.05) is 13.2 Å². The van der Waals surface area contributed by atoms with Gasteiger partial charge in [-0.25, -0.2) is 4.79 Å². The quantitative estimate of drug-likeness (QED) is 0.389. The Morgan fingerprint density at radius 2 is 1.48 bits per heavy atom. The van der Waals surface area contributed by atoms with Crippen LogP contribution in [0.2, 0.25) is 0 Å². The maximum absolute atomic E-state index is 10.6. The number of amides is 1. The summed E-state index contributed by atoms with van der Waals surface area (Å²) in [5.74, 6) is 0.843. The zero-order valence-electron chi connectivity index (χ0n) is 19.8. The lowest BCUT2D eigenvalue weighted by molar-refractivity contribution is 0.00578. The van der Waals surface area contributed by atoms with Gasteiger partial charge in [-0.15, -0.1) is 0 Å². The standard InChI is InChI=1S/C25H32BNO6/c1-6-21(26-32-24(2,3)25(4,5)33-26)22(17-7-11-19(28)12-8-17)18-9-13-20(14-10-18)31-16-15-27-23(29)30/h7-14,27-28H,6,15-16H2,1-5H3,(H,29,30). The predicted molar refractivity (Wildman–Crippen MR) is 128 cm³/mol. The van der Waals surface area contributed by atoms with Gasteiger partial charge in [0.05, 0.1) is 17.7 Å². The number of hydrogen-bond donors (Lipinski definition) is 3. The van der Waals surface area contributed by atoms with E-state index in [4.69, 9.17) is 19.2 Å². The minimum absolute atomic E-state index is 0.200. The molecule has 1 fully saturated rings. The fraction of sp³-hybridized carbons (Fsp3) is 0.400. The average molecular weight is 453 g/mol. The highest BCUT2D eigenvalue weighted by atomic mass is 16.7. The van der Waals surface area contributed by atoms with E-state index in [1.54, 1.807) is 12.1 Å². The summed E-state index contributed by atoms with van der Waals surface area (Å²) in [6, 6.07) is 14.7. The molecule has 8 heteroatoms. The van der Waals surface area contributed by atoms with Crippen LogP contribution in [-0.4, -0.2) is 47.8 Å². The molecule has 0 aromatic heterocycles. The molecule has 0 bridgehead atoms. The van der Waals surface area contributed by atoms with E-state index in [1.807, 2.05) is 64.1 Å². The molecule has 1 heterocycles. The van der Waals surface area contributed by atoms with Crippen LogP contribution in [0, 0.1) is 0 Å². The lowest BCUT2D eigenvalue weighted by atomic mass is 9.71. The highest BCUT2D eigenvalue weighted by Gasteiger charge is 2.52. The lowest BCUT2D eigenvalue weighted by Gasteiger charge is -2.32. The summed E-state index contributed by atoms with van der Waals surface area (Å²) in [5.41, 5.74) is 2.98. The van der Waals surface area contributed by atoms with Crippen LogP contribution < -0.4 is 10.1 Å². The Hall–Kier alpha value is -2.97. The minimum atomic E-state index is -1.08. The van der Waals surface area contributed by atoms with E-state index in [9.17, 15) is 9.90 Å². The molecule has 33 heavy (non-hydrogen) atoms. The lowest BCUT2D eigenvalue weighted by Crippen LogP contribution is -2.41. The maximum atomic E-state index is 10.6. The van der Waals surface area contributed by atoms with Gasteiger partial charge in [0, 0.05) is 0 Å². The molecule has 0 unspecified atom stereocenters. The maximum Gasteiger partial charge on any atom is 0.491 e. The number of aromatic hydroxyl groups is 1. The van der Waals surface area contributed by atoms with E-state index in [1.165, 1.54) is 0 Å². The van der Waals surface area contributed by atoms with Crippen LogP contribution in [0.15, 0.2) is 54.0 Å². The van der Waals surface area contributed by atoms with Crippen LogP contribution in [-0.2, 0) is 9.31 Å². The molecule has 7 nitrogen and oxygen atoms in total. The van der Waals surface area contributed by atoms with Gasteiger partial charge in [-0.1, -0.05) is 31.2 Å². The second-order valence-electron chi connectivity index (χ2n) is 8.99. The first-order valence-electron chi connectivity index (χ1n) is 11.1. The highest BCUT2D eigenvalue weighted by molar-refractivity contribution is 6.56. The van der Waals surface area contributed by atoms with Crippen molar-refractivity contribution in [3.05, 3.63) is 65.1 Å². The molecular formula is C25H32BNO6. The first-order valence-corrected chi connectivity index (χ1v) is 11.1. The van der Waals surface area contributed by atoms with Gasteiger partial charge < -0.3 is 29.6 Å². The number of carbonyl (C=O) groups is 1. The number of hydrogen-bond acceptors (Lipinski definition) is 5. The number of benzene rings is 2. The fourth-order valence-electron chi connectivity index (χ4n) is 3.66. The Kier molecular flexibility index (Phi) is 7.39. The molecule has 0 atom stereocenters. The van der Waals surface area contributed by atoms with Crippen molar-refractivity contribution in [2.24, 2.45) is 0 Å². The molecule has 176 valence electrons. The Labute approximate surface area is 195 Å². The molecule has 3 N–H and O–H groups in total. The molecule has 0 aliphatic carbocycles. The number of allylic oxidation sites excluding steroid dienone is 1. The molecule has 0 saturated carbocycles. The second-order valence-corrected chi connectivity index (χ2v) is 8.99. The molecule has 1 aliphatic rings. The van der Waals surface area contributed by atoms with Gasteiger partial charge in [-0.2, -0.15) is 0 Å².